The molecule has 0 atom stereocenters. The summed E-state index contributed by atoms with van der Waals surface area (Å²) in [5.41, 5.74) is 13.9. The molecule has 0 aliphatic carbocycles. The second-order valence-corrected chi connectivity index (χ2v) is 8.85. The zero-order valence-corrected chi connectivity index (χ0v) is 21.8. The van der Waals surface area contributed by atoms with Gasteiger partial charge in [0.05, 0.1) is 28.9 Å². The first kappa shape index (κ1) is 26.1. The smallest absolute Gasteiger partial charge is 0.355 e. The van der Waals surface area contributed by atoms with E-state index in [-0.39, 0.29) is 23.6 Å². The molecule has 3 aromatic carbocycles. The average molecular weight is 535 g/mol. The summed E-state index contributed by atoms with van der Waals surface area (Å²) in [5, 5.41) is 0.348. The molecule has 1 amide bonds. The number of nitrogens with zero attached hydrogens (tertiary/aromatic N) is 3. The number of hydrogen-bond acceptors (Lipinski definition) is 8. The Hall–Kier alpha value is -5.51. The fraction of sp³-hybridized carbons (Fsp3) is 0.100. The van der Waals surface area contributed by atoms with Crippen LogP contribution in [0.5, 0.6) is 0 Å². The maximum absolute atomic E-state index is 13.4. The number of carbonyl (C=O) groups is 2. The van der Waals surface area contributed by atoms with Crippen molar-refractivity contribution in [3.63, 3.8) is 0 Å². The number of nitrogens with two attached hydrogens (primary N) is 1. The quantitative estimate of drug-likeness (QED) is 0.160. The maximum atomic E-state index is 13.4. The number of nitrogen functional groups attached to an aromatic ring is 1. The van der Waals surface area contributed by atoms with E-state index in [0.29, 0.717) is 39.1 Å². The van der Waals surface area contributed by atoms with Crippen molar-refractivity contribution in [2.24, 2.45) is 0 Å². The van der Waals surface area contributed by atoms with Crippen molar-refractivity contribution in [2.75, 3.05) is 17.8 Å². The van der Waals surface area contributed by atoms with Crippen LogP contribution in [0.2, 0.25) is 0 Å². The van der Waals surface area contributed by atoms with E-state index in [0.717, 1.165) is 0 Å². The van der Waals surface area contributed by atoms with Crippen LogP contribution >= 0.6 is 0 Å². The molecule has 5 rings (SSSR count). The van der Waals surface area contributed by atoms with Crippen molar-refractivity contribution < 1.29 is 14.3 Å². The van der Waals surface area contributed by atoms with Crippen LogP contribution in [0.4, 0.5) is 11.5 Å². The van der Waals surface area contributed by atoms with Crippen LogP contribution in [0.25, 0.3) is 27.8 Å². The summed E-state index contributed by atoms with van der Waals surface area (Å²) in [7, 11) is 0. The Kier molecular flexibility index (Phi) is 7.23. The number of nitrogens with one attached hydrogen (secondary N) is 2. The van der Waals surface area contributed by atoms with E-state index < -0.39 is 17.6 Å². The summed E-state index contributed by atoms with van der Waals surface area (Å²) in [5.74, 6) is -1.02. The standard InChI is InChI=1S/C30H26N6O4/c1-3-40-29(38)23-18(2)32-27-25(24(23)19-10-6-4-7-11-19)26(33-30(39)36(27)22-12-8-5-9-13-22)34-35-28(37)20-14-16-21(31)17-15-20/h4-17H,3,31H2,1-2H3,(H,35,37)(H,33,34,39). The number of esters is 1. The Balaban J connectivity index is 1.80. The van der Waals surface area contributed by atoms with Crippen LogP contribution in [0.15, 0.2) is 89.7 Å². The number of anilines is 2. The Morgan fingerprint density at radius 2 is 1.57 bits per heavy atom. The predicted molar refractivity (Wildman–Crippen MR) is 153 cm³/mol. The van der Waals surface area contributed by atoms with Crippen molar-refractivity contribution in [1.29, 1.82) is 0 Å². The van der Waals surface area contributed by atoms with Gasteiger partial charge in [-0.2, -0.15) is 4.98 Å². The van der Waals surface area contributed by atoms with Gasteiger partial charge in [-0.25, -0.2) is 19.1 Å². The van der Waals surface area contributed by atoms with Gasteiger partial charge >= 0.3 is 11.7 Å². The molecule has 200 valence electrons. The van der Waals surface area contributed by atoms with Crippen LogP contribution in [0.3, 0.4) is 0 Å². The molecule has 0 bridgehead atoms. The third-order valence-electron chi connectivity index (χ3n) is 6.23. The molecule has 0 saturated heterocycles. The van der Waals surface area contributed by atoms with Gasteiger partial charge in [0.15, 0.2) is 11.5 Å². The summed E-state index contributed by atoms with van der Waals surface area (Å²) >= 11 is 0. The number of rotatable bonds is 7. The zero-order chi connectivity index (χ0) is 28.2. The number of carbonyl (C=O) groups excluding carboxylic acids is 2. The number of amides is 1. The third-order valence-corrected chi connectivity index (χ3v) is 6.23. The third kappa shape index (κ3) is 4.97. The van der Waals surface area contributed by atoms with E-state index in [2.05, 4.69) is 15.8 Å². The van der Waals surface area contributed by atoms with Crippen LogP contribution < -0.4 is 22.3 Å². The van der Waals surface area contributed by atoms with Crippen LogP contribution in [0.1, 0.15) is 33.3 Å². The Morgan fingerprint density at radius 1 is 0.925 bits per heavy atom. The molecule has 0 saturated carbocycles. The number of fused-ring (bicyclic) bond motifs is 1. The van der Waals surface area contributed by atoms with E-state index >= 15 is 0 Å². The van der Waals surface area contributed by atoms with Gasteiger partial charge in [-0.15, -0.1) is 0 Å². The van der Waals surface area contributed by atoms with E-state index in [1.165, 1.54) is 4.57 Å². The van der Waals surface area contributed by atoms with Crippen LogP contribution in [-0.2, 0) is 4.74 Å². The van der Waals surface area contributed by atoms with Crippen LogP contribution in [0, 0.1) is 6.92 Å². The molecule has 0 fully saturated rings. The zero-order valence-electron chi connectivity index (χ0n) is 21.8. The summed E-state index contributed by atoms with van der Waals surface area (Å²) < 4.78 is 6.77. The molecule has 5 aromatic rings. The highest BCUT2D eigenvalue weighted by atomic mass is 16.5. The average Bonchev–Trinajstić information content (AvgIpc) is 2.96. The predicted octanol–water partition coefficient (Wildman–Crippen LogP) is 4.27. The highest BCUT2D eigenvalue weighted by Gasteiger charge is 2.26. The molecule has 0 aliphatic heterocycles. The first-order valence-electron chi connectivity index (χ1n) is 12.6. The van der Waals surface area contributed by atoms with Gasteiger partial charge in [-0.05, 0) is 55.8 Å². The maximum Gasteiger partial charge on any atom is 0.355 e. The first-order chi connectivity index (χ1) is 19.4. The van der Waals surface area contributed by atoms with E-state index in [1.54, 1.807) is 62.4 Å². The number of aromatic nitrogens is 3. The first-order valence-corrected chi connectivity index (χ1v) is 12.6. The van der Waals surface area contributed by atoms with E-state index in [4.69, 9.17) is 15.5 Å². The molecule has 0 spiro atoms. The number of pyridine rings is 1. The van der Waals surface area contributed by atoms with Gasteiger partial charge in [-0.1, -0.05) is 48.5 Å². The Bertz CT molecular complexity index is 1770. The highest BCUT2D eigenvalue weighted by molar-refractivity contribution is 6.11. The van der Waals surface area contributed by atoms with Crippen molar-refractivity contribution in [1.82, 2.24) is 20.0 Å². The lowest BCUT2D eigenvalue weighted by atomic mass is 9.95. The number of para-hydroxylation sites is 1. The number of ether oxygens (including phenoxy) is 1. The van der Waals surface area contributed by atoms with Gasteiger partial charge in [0, 0.05) is 16.8 Å². The van der Waals surface area contributed by atoms with Gasteiger partial charge in [-0.3, -0.25) is 15.6 Å². The highest BCUT2D eigenvalue weighted by Crippen LogP contribution is 2.36. The largest absolute Gasteiger partial charge is 0.462 e. The van der Waals surface area contributed by atoms with Gasteiger partial charge in [0.25, 0.3) is 5.91 Å². The van der Waals surface area contributed by atoms with Crippen molar-refractivity contribution in [3.8, 4) is 16.8 Å². The molecule has 2 heterocycles. The van der Waals surface area contributed by atoms with E-state index in [9.17, 15) is 14.4 Å². The molecular formula is C30H26N6O4. The lowest BCUT2D eigenvalue weighted by Crippen LogP contribution is -2.33. The van der Waals surface area contributed by atoms with Crippen molar-refractivity contribution >= 4 is 34.4 Å². The van der Waals surface area contributed by atoms with Crippen molar-refractivity contribution in [3.05, 3.63) is 112 Å². The van der Waals surface area contributed by atoms with Gasteiger partial charge in [0.2, 0.25) is 0 Å². The fourth-order valence-corrected chi connectivity index (χ4v) is 4.44. The Labute approximate surface area is 229 Å². The monoisotopic (exact) mass is 534 g/mol. The normalized spacial score (nSPS) is 10.8. The molecular weight excluding hydrogens is 508 g/mol. The molecule has 0 unspecified atom stereocenters. The number of benzene rings is 3. The fourth-order valence-electron chi connectivity index (χ4n) is 4.44. The second kappa shape index (κ2) is 11.1. The van der Waals surface area contributed by atoms with Gasteiger partial charge in [0.1, 0.15) is 0 Å². The molecule has 0 radical (unpaired) electrons. The molecule has 2 aromatic heterocycles. The number of hydrogen-bond donors (Lipinski definition) is 3. The summed E-state index contributed by atoms with van der Waals surface area (Å²) in [6.45, 7) is 3.57. The molecule has 10 nitrogen and oxygen atoms in total. The second-order valence-electron chi connectivity index (χ2n) is 8.85. The summed E-state index contributed by atoms with van der Waals surface area (Å²) in [6.07, 6.45) is 0. The van der Waals surface area contributed by atoms with Crippen LogP contribution in [-0.4, -0.2) is 33.0 Å². The summed E-state index contributed by atoms with van der Waals surface area (Å²) in [6, 6.07) is 24.5. The minimum Gasteiger partial charge on any atom is -0.462 e. The minimum atomic E-state index is -0.627. The summed E-state index contributed by atoms with van der Waals surface area (Å²) in [4.78, 5) is 48.6. The lowest BCUT2D eigenvalue weighted by molar-refractivity contribution is 0.0526. The molecule has 0 aliphatic rings. The van der Waals surface area contributed by atoms with Gasteiger partial charge < -0.3 is 10.5 Å². The molecule has 10 heteroatoms. The van der Waals surface area contributed by atoms with Crippen molar-refractivity contribution in [2.45, 2.75) is 13.8 Å². The number of hydrazine groups is 1. The lowest BCUT2D eigenvalue weighted by Gasteiger charge is -2.20. The van der Waals surface area contributed by atoms with E-state index in [1.807, 2.05) is 36.4 Å². The number of aryl methyl sites for hydroxylation is 1. The minimum absolute atomic E-state index is 0.0212. The molecule has 4 N–H and O–H groups in total. The topological polar surface area (TPSA) is 141 Å². The Morgan fingerprint density at radius 3 is 2.23 bits per heavy atom. The SMILES string of the molecule is CCOC(=O)c1c(C)nc2c(c(NNC(=O)c3ccc(N)cc3)nc(=O)n2-c2ccccc2)c1-c1ccccc1. The molecule has 40 heavy (non-hydrogen) atoms.